The maximum atomic E-state index is 5.61. The Morgan fingerprint density at radius 3 is 2.28 bits per heavy atom. The topological polar surface area (TPSA) is 59.9 Å². The van der Waals surface area contributed by atoms with Gasteiger partial charge in [-0.05, 0) is 23.2 Å². The van der Waals surface area contributed by atoms with Gasteiger partial charge >= 0.3 is 6.01 Å². The molecule has 92 valence electrons. The zero-order chi connectivity index (χ0) is 13.0. The minimum atomic E-state index is -0.0443. The Hall–Kier alpha value is -1.85. The van der Waals surface area contributed by atoms with Crippen LogP contribution in [0.3, 0.4) is 0 Å². The molecule has 0 fully saturated rings. The summed E-state index contributed by atoms with van der Waals surface area (Å²) in [6.07, 6.45) is 0. The molecule has 0 saturated carbocycles. The van der Waals surface area contributed by atoms with Crippen molar-refractivity contribution in [1.29, 1.82) is 0 Å². The molecule has 7 heteroatoms. The number of hydrogen-bond donors (Lipinski definition) is 1. The van der Waals surface area contributed by atoms with Crippen LogP contribution in [0.25, 0.3) is 5.70 Å². The van der Waals surface area contributed by atoms with Crippen LogP contribution < -0.4 is 10.3 Å². The predicted molar refractivity (Wildman–Crippen MR) is 69.1 cm³/mol. The second-order valence-electron chi connectivity index (χ2n) is 3.20. The van der Waals surface area contributed by atoms with Gasteiger partial charge < -0.3 is 4.84 Å². The van der Waals surface area contributed by atoms with Gasteiger partial charge in [-0.1, -0.05) is 36.9 Å². The average molecular weight is 283 g/mol. The Morgan fingerprint density at radius 2 is 1.67 bits per heavy atom. The zero-order valence-electron chi connectivity index (χ0n) is 9.10. The number of benzene rings is 1. The highest BCUT2D eigenvalue weighted by Crippen LogP contribution is 2.12. The van der Waals surface area contributed by atoms with Crippen LogP contribution in [-0.4, -0.2) is 15.0 Å². The van der Waals surface area contributed by atoms with E-state index in [2.05, 4.69) is 27.0 Å². The molecule has 0 atom stereocenters. The summed E-state index contributed by atoms with van der Waals surface area (Å²) in [5.41, 5.74) is 4.04. The maximum absolute atomic E-state index is 5.61. The molecule has 18 heavy (non-hydrogen) atoms. The van der Waals surface area contributed by atoms with Crippen LogP contribution in [0.2, 0.25) is 10.6 Å². The Kier molecular flexibility index (Phi) is 3.96. The third-order valence-electron chi connectivity index (χ3n) is 1.95. The number of nitrogens with zero attached hydrogens (tertiary/aromatic N) is 3. The smallest absolute Gasteiger partial charge is 0.340 e. The van der Waals surface area contributed by atoms with Crippen molar-refractivity contribution in [1.82, 2.24) is 20.4 Å². The van der Waals surface area contributed by atoms with Crippen molar-refractivity contribution in [2.75, 3.05) is 0 Å². The summed E-state index contributed by atoms with van der Waals surface area (Å²) in [7, 11) is 0. The van der Waals surface area contributed by atoms with Crippen LogP contribution in [0.15, 0.2) is 36.9 Å². The first-order valence-corrected chi connectivity index (χ1v) is 5.65. The molecule has 0 aliphatic heterocycles. The molecule has 2 aromatic rings. The monoisotopic (exact) mass is 282 g/mol. The first-order chi connectivity index (χ1) is 8.65. The van der Waals surface area contributed by atoms with Crippen molar-refractivity contribution in [2.24, 2.45) is 0 Å². The molecule has 2 rings (SSSR count). The van der Waals surface area contributed by atoms with Gasteiger partial charge in [0.15, 0.2) is 0 Å². The normalized spacial score (nSPS) is 9.89. The lowest BCUT2D eigenvalue weighted by atomic mass is 10.2. The van der Waals surface area contributed by atoms with Crippen molar-refractivity contribution in [3.63, 3.8) is 0 Å². The predicted octanol–water partition coefficient (Wildman–Crippen LogP) is 2.73. The van der Waals surface area contributed by atoms with Gasteiger partial charge in [0.25, 0.3) is 0 Å². The fraction of sp³-hybridized carbons (Fsp3) is 0. The van der Waals surface area contributed by atoms with E-state index in [0.717, 1.165) is 5.56 Å². The highest BCUT2D eigenvalue weighted by atomic mass is 35.5. The molecule has 0 spiro atoms. The standard InChI is InChI=1S/C11H8Cl2N4O/c1-7(8-5-3-2-4-6-8)17-18-11-15-9(12)14-10(13)16-11/h2-6,17H,1H2. The van der Waals surface area contributed by atoms with Crippen LogP contribution in [0.4, 0.5) is 0 Å². The summed E-state index contributed by atoms with van der Waals surface area (Å²) >= 11 is 11.2. The maximum Gasteiger partial charge on any atom is 0.348 e. The number of hydroxylamine groups is 1. The van der Waals surface area contributed by atoms with Crippen molar-refractivity contribution in [2.45, 2.75) is 0 Å². The van der Waals surface area contributed by atoms with Crippen molar-refractivity contribution < 1.29 is 4.84 Å². The molecule has 0 aliphatic rings. The fourth-order valence-electron chi connectivity index (χ4n) is 1.16. The molecule has 0 aliphatic carbocycles. The number of nitrogens with one attached hydrogen (secondary N) is 1. The van der Waals surface area contributed by atoms with Gasteiger partial charge in [0, 0.05) is 5.56 Å². The molecule has 0 bridgehead atoms. The number of aromatic nitrogens is 3. The zero-order valence-corrected chi connectivity index (χ0v) is 10.6. The van der Waals surface area contributed by atoms with E-state index in [9.17, 15) is 0 Å². The molecular formula is C11H8Cl2N4O. The summed E-state index contributed by atoms with van der Waals surface area (Å²) in [5, 5.41) is -0.0887. The van der Waals surface area contributed by atoms with E-state index < -0.39 is 0 Å². The summed E-state index contributed by atoms with van der Waals surface area (Å²) < 4.78 is 0. The Morgan fingerprint density at radius 1 is 1.06 bits per heavy atom. The van der Waals surface area contributed by atoms with Gasteiger partial charge in [-0.2, -0.15) is 15.0 Å². The highest BCUT2D eigenvalue weighted by molar-refractivity contribution is 6.31. The Labute approximate surface area is 113 Å². The van der Waals surface area contributed by atoms with Gasteiger partial charge in [-0.15, -0.1) is 0 Å². The van der Waals surface area contributed by atoms with Crippen LogP contribution in [-0.2, 0) is 0 Å². The summed E-state index contributed by atoms with van der Waals surface area (Å²) in [4.78, 5) is 16.2. The lowest BCUT2D eigenvalue weighted by molar-refractivity contribution is 0.230. The lowest BCUT2D eigenvalue weighted by Crippen LogP contribution is -2.18. The number of hydrogen-bond acceptors (Lipinski definition) is 5. The average Bonchev–Trinajstić information content (AvgIpc) is 2.36. The molecule has 1 aromatic carbocycles. The van der Waals surface area contributed by atoms with E-state index in [0.29, 0.717) is 5.70 Å². The van der Waals surface area contributed by atoms with E-state index in [1.54, 1.807) is 0 Å². The molecule has 1 aromatic heterocycles. The minimum Gasteiger partial charge on any atom is -0.340 e. The van der Waals surface area contributed by atoms with E-state index in [-0.39, 0.29) is 16.6 Å². The van der Waals surface area contributed by atoms with E-state index in [1.807, 2.05) is 30.3 Å². The lowest BCUT2D eigenvalue weighted by Gasteiger charge is -2.09. The second-order valence-corrected chi connectivity index (χ2v) is 3.88. The second kappa shape index (κ2) is 5.66. The molecular weight excluding hydrogens is 275 g/mol. The SMILES string of the molecule is C=C(NOc1nc(Cl)nc(Cl)n1)c1ccccc1. The van der Waals surface area contributed by atoms with Crippen molar-refractivity contribution >= 4 is 28.9 Å². The Balaban J connectivity index is 2.02. The summed E-state index contributed by atoms with van der Waals surface area (Å²) in [6, 6.07) is 9.41. The first-order valence-electron chi connectivity index (χ1n) is 4.89. The summed E-state index contributed by atoms with van der Waals surface area (Å²) in [5.74, 6) is 0. The summed E-state index contributed by atoms with van der Waals surface area (Å²) in [6.45, 7) is 3.81. The van der Waals surface area contributed by atoms with Gasteiger partial charge in [0.2, 0.25) is 10.6 Å². The third kappa shape index (κ3) is 3.32. The molecule has 0 amide bonds. The van der Waals surface area contributed by atoms with Crippen molar-refractivity contribution in [3.05, 3.63) is 53.0 Å². The number of halogens is 2. The molecule has 1 heterocycles. The van der Waals surface area contributed by atoms with E-state index >= 15 is 0 Å². The largest absolute Gasteiger partial charge is 0.348 e. The Bertz CT molecular complexity index is 542. The van der Waals surface area contributed by atoms with Crippen LogP contribution in [0, 0.1) is 0 Å². The minimum absolute atomic E-state index is 0.0305. The quantitative estimate of drug-likeness (QED) is 0.874. The van der Waals surface area contributed by atoms with Gasteiger partial charge in [0.1, 0.15) is 0 Å². The number of rotatable bonds is 4. The highest BCUT2D eigenvalue weighted by Gasteiger charge is 2.05. The molecule has 0 radical (unpaired) electrons. The molecule has 0 saturated heterocycles. The van der Waals surface area contributed by atoms with Gasteiger partial charge in [0.05, 0.1) is 5.70 Å². The molecule has 1 N–H and O–H groups in total. The van der Waals surface area contributed by atoms with Crippen molar-refractivity contribution in [3.8, 4) is 6.01 Å². The van der Waals surface area contributed by atoms with E-state index in [1.165, 1.54) is 0 Å². The third-order valence-corrected chi connectivity index (χ3v) is 2.29. The van der Waals surface area contributed by atoms with Gasteiger partial charge in [-0.25, -0.2) is 5.48 Å². The van der Waals surface area contributed by atoms with E-state index in [4.69, 9.17) is 28.0 Å². The first kappa shape index (κ1) is 12.6. The van der Waals surface area contributed by atoms with Gasteiger partial charge in [-0.3, -0.25) is 0 Å². The fourth-order valence-corrected chi connectivity index (χ4v) is 1.51. The molecule has 0 unspecified atom stereocenters. The van der Waals surface area contributed by atoms with Crippen LogP contribution in [0.5, 0.6) is 6.01 Å². The molecule has 5 nitrogen and oxygen atoms in total. The van der Waals surface area contributed by atoms with Crippen LogP contribution >= 0.6 is 23.2 Å². The van der Waals surface area contributed by atoms with Crippen LogP contribution in [0.1, 0.15) is 5.56 Å².